The predicted octanol–water partition coefficient (Wildman–Crippen LogP) is 5.38. The Kier molecular flexibility index (Phi) is 8.88. The second kappa shape index (κ2) is 11.4. The highest BCUT2D eigenvalue weighted by atomic mass is 35.5. The standard InChI is InChI=1S/C20H27ClF2N4O2S2/c21-15-11-18(31(28,29)27-20-26-13-19(23)30-20)16(22)12-17(15)25-9-5-3-1-2-4-7-14-8-6-10-24-14/h11-14,24-25H,1-10H2,(H,26,27)/t14-/m0/s1. The number of anilines is 2. The van der Waals surface area contributed by atoms with E-state index in [0.717, 1.165) is 44.1 Å². The molecule has 1 saturated heterocycles. The Bertz CT molecular complexity index is 966. The number of benzene rings is 1. The molecule has 1 aromatic heterocycles. The van der Waals surface area contributed by atoms with Crippen LogP contribution in [0.3, 0.4) is 0 Å². The lowest BCUT2D eigenvalue weighted by Crippen LogP contribution is -2.20. The molecule has 0 amide bonds. The Labute approximate surface area is 190 Å². The maximum Gasteiger partial charge on any atom is 0.266 e. The number of unbranched alkanes of at least 4 members (excludes halogenated alkanes) is 4. The summed E-state index contributed by atoms with van der Waals surface area (Å²) in [6.07, 6.45) is 10.3. The first-order chi connectivity index (χ1) is 14.8. The van der Waals surface area contributed by atoms with Gasteiger partial charge in [-0.3, -0.25) is 4.72 Å². The number of hydrogen-bond donors (Lipinski definition) is 3. The van der Waals surface area contributed by atoms with Gasteiger partial charge in [-0.1, -0.05) is 48.6 Å². The van der Waals surface area contributed by atoms with Crippen molar-refractivity contribution in [2.24, 2.45) is 0 Å². The number of rotatable bonds is 12. The highest BCUT2D eigenvalue weighted by Gasteiger charge is 2.23. The Morgan fingerprint density at radius 1 is 1.19 bits per heavy atom. The van der Waals surface area contributed by atoms with E-state index in [2.05, 4.69) is 20.3 Å². The molecular formula is C20H27ClF2N4O2S2. The Morgan fingerprint density at radius 2 is 1.97 bits per heavy atom. The van der Waals surface area contributed by atoms with Crippen molar-refractivity contribution in [1.29, 1.82) is 0 Å². The fraction of sp³-hybridized carbons (Fsp3) is 0.550. The molecule has 3 rings (SSSR count). The van der Waals surface area contributed by atoms with Gasteiger partial charge in [-0.15, -0.1) is 0 Å². The van der Waals surface area contributed by atoms with Gasteiger partial charge in [0.15, 0.2) is 10.3 Å². The number of halogens is 3. The zero-order chi connectivity index (χ0) is 22.3. The molecule has 1 fully saturated rings. The molecule has 172 valence electrons. The van der Waals surface area contributed by atoms with Crippen molar-refractivity contribution >= 4 is 43.8 Å². The first-order valence-electron chi connectivity index (χ1n) is 10.5. The Hall–Kier alpha value is -1.49. The summed E-state index contributed by atoms with van der Waals surface area (Å²) in [5, 5.41) is 5.83. The predicted molar refractivity (Wildman–Crippen MR) is 122 cm³/mol. The maximum atomic E-state index is 14.5. The number of aromatic nitrogens is 1. The van der Waals surface area contributed by atoms with Gasteiger partial charge in [-0.05, 0) is 44.4 Å². The Balaban J connectivity index is 1.43. The van der Waals surface area contributed by atoms with E-state index >= 15 is 0 Å². The van der Waals surface area contributed by atoms with Crippen molar-refractivity contribution in [3.63, 3.8) is 0 Å². The normalized spacial score (nSPS) is 16.5. The van der Waals surface area contributed by atoms with E-state index in [9.17, 15) is 17.2 Å². The molecule has 1 atom stereocenters. The minimum absolute atomic E-state index is 0.0937. The van der Waals surface area contributed by atoms with Gasteiger partial charge in [-0.25, -0.2) is 17.8 Å². The van der Waals surface area contributed by atoms with Gasteiger partial charge in [-0.2, -0.15) is 4.39 Å². The van der Waals surface area contributed by atoms with Crippen LogP contribution in [-0.4, -0.2) is 32.5 Å². The molecule has 3 N–H and O–H groups in total. The third-order valence-electron chi connectivity index (χ3n) is 5.22. The smallest absolute Gasteiger partial charge is 0.266 e. The number of nitrogens with zero attached hydrogens (tertiary/aromatic N) is 1. The van der Waals surface area contributed by atoms with Crippen molar-refractivity contribution in [1.82, 2.24) is 10.3 Å². The summed E-state index contributed by atoms with van der Waals surface area (Å²) in [6.45, 7) is 1.76. The summed E-state index contributed by atoms with van der Waals surface area (Å²) in [5.74, 6) is -0.947. The Morgan fingerprint density at radius 3 is 2.68 bits per heavy atom. The monoisotopic (exact) mass is 492 g/mol. The first kappa shape index (κ1) is 24.2. The number of hydrogen-bond acceptors (Lipinski definition) is 6. The SMILES string of the molecule is O=S(=O)(Nc1ncc(F)s1)c1cc(Cl)c(NCCCCCCC[C@H]2CCCN2)cc1F. The summed E-state index contributed by atoms with van der Waals surface area (Å²) >= 11 is 6.67. The lowest BCUT2D eigenvalue weighted by Gasteiger charge is -2.12. The van der Waals surface area contributed by atoms with Gasteiger partial charge in [0.2, 0.25) is 0 Å². The van der Waals surface area contributed by atoms with E-state index in [-0.39, 0.29) is 10.2 Å². The summed E-state index contributed by atoms with van der Waals surface area (Å²) in [7, 11) is -4.27. The molecule has 0 radical (unpaired) electrons. The minimum atomic E-state index is -4.27. The van der Waals surface area contributed by atoms with E-state index < -0.39 is 25.9 Å². The van der Waals surface area contributed by atoms with Crippen LogP contribution in [0.5, 0.6) is 0 Å². The molecule has 31 heavy (non-hydrogen) atoms. The zero-order valence-electron chi connectivity index (χ0n) is 17.1. The maximum absolute atomic E-state index is 14.5. The number of thiazole rings is 1. The van der Waals surface area contributed by atoms with Gasteiger partial charge >= 0.3 is 0 Å². The van der Waals surface area contributed by atoms with Crippen LogP contribution in [0.1, 0.15) is 51.4 Å². The number of nitrogens with one attached hydrogen (secondary N) is 3. The molecule has 6 nitrogen and oxygen atoms in total. The summed E-state index contributed by atoms with van der Waals surface area (Å²) in [6, 6.07) is 2.81. The minimum Gasteiger partial charge on any atom is -0.384 e. The molecule has 1 aromatic carbocycles. The van der Waals surface area contributed by atoms with Crippen LogP contribution in [-0.2, 0) is 10.0 Å². The summed E-state index contributed by atoms with van der Waals surface area (Å²) in [5.41, 5.74) is 0.339. The largest absolute Gasteiger partial charge is 0.384 e. The van der Waals surface area contributed by atoms with Crippen LogP contribution in [0.15, 0.2) is 23.2 Å². The van der Waals surface area contributed by atoms with Gasteiger partial charge in [0.25, 0.3) is 10.0 Å². The van der Waals surface area contributed by atoms with Crippen LogP contribution in [0.25, 0.3) is 0 Å². The van der Waals surface area contributed by atoms with Gasteiger partial charge in [0.05, 0.1) is 16.9 Å². The molecule has 2 heterocycles. The van der Waals surface area contributed by atoms with E-state index in [1.54, 1.807) is 0 Å². The average molecular weight is 493 g/mol. The molecule has 1 aliphatic heterocycles. The molecule has 0 aliphatic carbocycles. The van der Waals surface area contributed by atoms with Gasteiger partial charge < -0.3 is 10.6 Å². The van der Waals surface area contributed by atoms with Crippen LogP contribution < -0.4 is 15.4 Å². The van der Waals surface area contributed by atoms with Crippen molar-refractivity contribution in [2.45, 2.75) is 62.3 Å². The molecule has 0 bridgehead atoms. The highest BCUT2D eigenvalue weighted by molar-refractivity contribution is 7.93. The van der Waals surface area contributed by atoms with Crippen molar-refractivity contribution in [2.75, 3.05) is 23.1 Å². The van der Waals surface area contributed by atoms with Crippen molar-refractivity contribution < 1.29 is 17.2 Å². The molecule has 2 aromatic rings. The molecule has 11 heteroatoms. The topological polar surface area (TPSA) is 83.1 Å². The van der Waals surface area contributed by atoms with Crippen molar-refractivity contribution in [3.8, 4) is 0 Å². The zero-order valence-corrected chi connectivity index (χ0v) is 19.5. The molecular weight excluding hydrogens is 466 g/mol. The molecule has 0 unspecified atom stereocenters. The fourth-order valence-corrected chi connectivity index (χ4v) is 5.78. The molecule has 0 saturated carbocycles. The highest BCUT2D eigenvalue weighted by Crippen LogP contribution is 2.30. The van der Waals surface area contributed by atoms with E-state index in [0.29, 0.717) is 29.6 Å². The lowest BCUT2D eigenvalue weighted by atomic mass is 10.1. The quantitative estimate of drug-likeness (QED) is 0.346. The second-order valence-electron chi connectivity index (χ2n) is 7.61. The number of sulfonamides is 1. The summed E-state index contributed by atoms with van der Waals surface area (Å²) in [4.78, 5) is 2.96. The third kappa shape index (κ3) is 7.27. The average Bonchev–Trinajstić information content (AvgIpc) is 3.37. The van der Waals surface area contributed by atoms with Crippen LogP contribution in [0, 0.1) is 10.9 Å². The lowest BCUT2D eigenvalue weighted by molar-refractivity contribution is 0.507. The van der Waals surface area contributed by atoms with Gasteiger partial charge in [0, 0.05) is 12.6 Å². The summed E-state index contributed by atoms with van der Waals surface area (Å²) < 4.78 is 54.3. The van der Waals surface area contributed by atoms with Crippen LogP contribution in [0.2, 0.25) is 5.02 Å². The van der Waals surface area contributed by atoms with E-state index in [1.807, 2.05) is 0 Å². The van der Waals surface area contributed by atoms with E-state index in [1.165, 1.54) is 32.1 Å². The first-order valence-corrected chi connectivity index (χ1v) is 13.1. The second-order valence-corrected chi connectivity index (χ2v) is 10.7. The molecule has 0 spiro atoms. The third-order valence-corrected chi connectivity index (χ3v) is 7.71. The van der Waals surface area contributed by atoms with Gasteiger partial charge in [0.1, 0.15) is 10.7 Å². The van der Waals surface area contributed by atoms with Crippen LogP contribution in [0.4, 0.5) is 19.6 Å². The molecule has 1 aliphatic rings. The van der Waals surface area contributed by atoms with Crippen LogP contribution >= 0.6 is 22.9 Å². The fourth-order valence-electron chi connectivity index (χ4n) is 3.61. The van der Waals surface area contributed by atoms with Crippen molar-refractivity contribution in [3.05, 3.63) is 34.3 Å². The van der Waals surface area contributed by atoms with E-state index in [4.69, 9.17) is 11.6 Å².